The van der Waals surface area contributed by atoms with Gasteiger partial charge in [-0.25, -0.2) is 0 Å². The fraction of sp³-hybridized carbons (Fsp3) is 0.118. The first-order valence-corrected chi connectivity index (χ1v) is 8.48. The Morgan fingerprint density at radius 1 is 0.957 bits per heavy atom. The first-order chi connectivity index (χ1) is 10.9. The largest absolute Gasteiger partial charge is 0.379 e. The predicted octanol–water partition coefficient (Wildman–Crippen LogP) is 3.48. The molecular formula is C17H16N2O3S. The summed E-state index contributed by atoms with van der Waals surface area (Å²) in [5.41, 5.74) is 4.25. The molecule has 3 rings (SSSR count). The zero-order valence-corrected chi connectivity index (χ0v) is 13.6. The normalized spacial score (nSPS) is 11.6. The lowest BCUT2D eigenvalue weighted by molar-refractivity contribution is 0.464. The topological polar surface area (TPSA) is 72.2 Å². The fourth-order valence-corrected chi connectivity index (χ4v) is 3.31. The van der Waals surface area contributed by atoms with Crippen molar-refractivity contribution >= 4 is 10.3 Å². The molecule has 6 heteroatoms. The number of hydrogen-bond acceptors (Lipinski definition) is 3. The molecule has 0 saturated carbocycles. The smallest absolute Gasteiger partial charge is 0.268 e. The molecule has 1 aromatic heterocycles. The third-order valence-corrected chi connectivity index (χ3v) is 4.55. The standard InChI is InChI=1S/C17H16N2O3S/c1-12-8-6-7-11-15(12)17-16(14-9-4-3-5-10-14)13(2)19(18-17)23(20,21)22/h3-11H,1-2H3,(H,20,21,22). The second-order valence-corrected chi connectivity index (χ2v) is 6.55. The van der Waals surface area contributed by atoms with E-state index in [1.54, 1.807) is 6.92 Å². The van der Waals surface area contributed by atoms with Gasteiger partial charge < -0.3 is 0 Å². The monoisotopic (exact) mass is 328 g/mol. The van der Waals surface area contributed by atoms with Gasteiger partial charge in [-0.15, -0.1) is 4.09 Å². The molecule has 1 N–H and O–H groups in total. The van der Waals surface area contributed by atoms with Gasteiger partial charge in [-0.05, 0) is 25.0 Å². The van der Waals surface area contributed by atoms with Crippen molar-refractivity contribution in [2.24, 2.45) is 0 Å². The Hall–Kier alpha value is -2.44. The van der Waals surface area contributed by atoms with Crippen molar-refractivity contribution in [1.82, 2.24) is 9.19 Å². The van der Waals surface area contributed by atoms with Gasteiger partial charge in [-0.2, -0.15) is 13.5 Å². The van der Waals surface area contributed by atoms with Gasteiger partial charge in [-0.3, -0.25) is 4.55 Å². The number of nitrogens with zero attached hydrogens (tertiary/aromatic N) is 2. The first kappa shape index (κ1) is 15.5. The molecule has 0 bridgehead atoms. The van der Waals surface area contributed by atoms with Crippen LogP contribution in [0.25, 0.3) is 22.4 Å². The summed E-state index contributed by atoms with van der Waals surface area (Å²) in [6, 6.07) is 17.0. The van der Waals surface area contributed by atoms with E-state index in [1.807, 2.05) is 61.5 Å². The lowest BCUT2D eigenvalue weighted by atomic mass is 9.97. The number of aromatic nitrogens is 2. The average molecular weight is 328 g/mol. The minimum Gasteiger partial charge on any atom is -0.268 e. The van der Waals surface area contributed by atoms with Gasteiger partial charge in [0.15, 0.2) is 0 Å². The van der Waals surface area contributed by atoms with E-state index in [2.05, 4.69) is 5.10 Å². The minimum absolute atomic E-state index is 0.372. The van der Waals surface area contributed by atoms with E-state index in [0.29, 0.717) is 21.0 Å². The second kappa shape index (κ2) is 5.64. The average Bonchev–Trinajstić information content (AvgIpc) is 2.86. The summed E-state index contributed by atoms with van der Waals surface area (Å²) in [5.74, 6) is 0. The van der Waals surface area contributed by atoms with Crippen LogP contribution in [0.4, 0.5) is 0 Å². The van der Waals surface area contributed by atoms with E-state index in [1.165, 1.54) is 0 Å². The van der Waals surface area contributed by atoms with E-state index in [4.69, 9.17) is 0 Å². The molecule has 118 valence electrons. The van der Waals surface area contributed by atoms with Crippen molar-refractivity contribution in [3.05, 3.63) is 65.9 Å². The van der Waals surface area contributed by atoms with Gasteiger partial charge in [-0.1, -0.05) is 54.6 Å². The SMILES string of the molecule is Cc1ccccc1-c1nn(S(=O)(=O)O)c(C)c1-c1ccccc1. The molecule has 0 saturated heterocycles. The Bertz CT molecular complexity index is 961. The van der Waals surface area contributed by atoms with Crippen LogP contribution in [-0.2, 0) is 10.3 Å². The van der Waals surface area contributed by atoms with Crippen LogP contribution in [0.2, 0.25) is 0 Å². The molecule has 0 aliphatic rings. The van der Waals surface area contributed by atoms with E-state index < -0.39 is 10.3 Å². The summed E-state index contributed by atoms with van der Waals surface area (Å²) in [6.45, 7) is 3.57. The maximum absolute atomic E-state index is 11.6. The minimum atomic E-state index is -4.46. The number of hydrogen-bond donors (Lipinski definition) is 1. The Kier molecular flexibility index (Phi) is 3.79. The molecule has 0 radical (unpaired) electrons. The van der Waals surface area contributed by atoms with E-state index >= 15 is 0 Å². The summed E-state index contributed by atoms with van der Waals surface area (Å²) in [6.07, 6.45) is 0. The molecule has 0 atom stereocenters. The Morgan fingerprint density at radius 2 is 1.57 bits per heavy atom. The van der Waals surface area contributed by atoms with Gasteiger partial charge in [0.25, 0.3) is 0 Å². The van der Waals surface area contributed by atoms with Gasteiger partial charge in [0.05, 0.1) is 5.69 Å². The summed E-state index contributed by atoms with van der Waals surface area (Å²) in [7, 11) is -4.46. The number of aryl methyl sites for hydroxylation is 1. The first-order valence-electron chi connectivity index (χ1n) is 7.08. The molecule has 2 aromatic carbocycles. The fourth-order valence-electron chi connectivity index (χ4n) is 2.69. The van der Waals surface area contributed by atoms with Crippen molar-refractivity contribution in [1.29, 1.82) is 0 Å². The lowest BCUT2D eigenvalue weighted by Crippen LogP contribution is -2.14. The maximum Gasteiger partial charge on any atom is 0.379 e. The Labute approximate surface area is 135 Å². The van der Waals surface area contributed by atoms with Crippen molar-refractivity contribution in [3.63, 3.8) is 0 Å². The summed E-state index contributed by atoms with van der Waals surface area (Å²) >= 11 is 0. The molecule has 1 heterocycles. The highest BCUT2D eigenvalue weighted by Gasteiger charge is 2.23. The molecule has 0 unspecified atom stereocenters. The highest BCUT2D eigenvalue weighted by Crippen LogP contribution is 2.35. The van der Waals surface area contributed by atoms with E-state index in [-0.39, 0.29) is 0 Å². The number of benzene rings is 2. The van der Waals surface area contributed by atoms with Crippen LogP contribution >= 0.6 is 0 Å². The van der Waals surface area contributed by atoms with Crippen LogP contribution in [-0.4, -0.2) is 22.2 Å². The molecule has 0 aliphatic carbocycles. The molecule has 0 amide bonds. The second-order valence-electron chi connectivity index (χ2n) is 5.31. The van der Waals surface area contributed by atoms with Crippen LogP contribution < -0.4 is 0 Å². The number of rotatable bonds is 3. The van der Waals surface area contributed by atoms with Crippen LogP contribution in [0.1, 0.15) is 11.3 Å². The summed E-state index contributed by atoms with van der Waals surface area (Å²) < 4.78 is 33.4. The van der Waals surface area contributed by atoms with Crippen LogP contribution in [0.5, 0.6) is 0 Å². The molecule has 0 spiro atoms. The van der Waals surface area contributed by atoms with Crippen LogP contribution in [0.15, 0.2) is 54.6 Å². The molecule has 3 aromatic rings. The third kappa shape index (κ3) is 2.78. The zero-order chi connectivity index (χ0) is 16.6. The molecule has 0 aliphatic heterocycles. The van der Waals surface area contributed by atoms with Crippen molar-refractivity contribution in [2.75, 3.05) is 0 Å². The van der Waals surface area contributed by atoms with Crippen molar-refractivity contribution < 1.29 is 13.0 Å². The van der Waals surface area contributed by atoms with Crippen molar-refractivity contribution in [2.45, 2.75) is 13.8 Å². The highest BCUT2D eigenvalue weighted by molar-refractivity contribution is 7.84. The maximum atomic E-state index is 11.6. The van der Waals surface area contributed by atoms with E-state index in [9.17, 15) is 13.0 Å². The Morgan fingerprint density at radius 3 is 2.17 bits per heavy atom. The summed E-state index contributed by atoms with van der Waals surface area (Å²) in [4.78, 5) is 0. The van der Waals surface area contributed by atoms with Crippen LogP contribution in [0.3, 0.4) is 0 Å². The zero-order valence-electron chi connectivity index (χ0n) is 12.8. The van der Waals surface area contributed by atoms with Gasteiger partial charge in [0, 0.05) is 11.1 Å². The summed E-state index contributed by atoms with van der Waals surface area (Å²) in [5, 5.41) is 4.17. The van der Waals surface area contributed by atoms with Gasteiger partial charge in [0.2, 0.25) is 0 Å². The van der Waals surface area contributed by atoms with Gasteiger partial charge >= 0.3 is 10.3 Å². The highest BCUT2D eigenvalue weighted by atomic mass is 32.2. The lowest BCUT2D eigenvalue weighted by Gasteiger charge is -2.06. The molecule has 0 fully saturated rings. The van der Waals surface area contributed by atoms with Gasteiger partial charge in [0.1, 0.15) is 5.69 Å². The predicted molar refractivity (Wildman–Crippen MR) is 89.5 cm³/mol. The molecular weight excluding hydrogens is 312 g/mol. The molecule has 23 heavy (non-hydrogen) atoms. The third-order valence-electron chi connectivity index (χ3n) is 3.76. The quantitative estimate of drug-likeness (QED) is 0.747. The molecule has 5 nitrogen and oxygen atoms in total. The Balaban J connectivity index is 2.38. The van der Waals surface area contributed by atoms with E-state index in [0.717, 1.165) is 16.7 Å². The van der Waals surface area contributed by atoms with Crippen molar-refractivity contribution in [3.8, 4) is 22.4 Å². The van der Waals surface area contributed by atoms with Crippen LogP contribution in [0, 0.1) is 13.8 Å².